The van der Waals surface area contributed by atoms with Crippen LogP contribution in [0.5, 0.6) is 5.75 Å². The van der Waals surface area contributed by atoms with E-state index in [-0.39, 0.29) is 11.7 Å². The highest BCUT2D eigenvalue weighted by atomic mass is 16.5. The van der Waals surface area contributed by atoms with Gasteiger partial charge in [0.25, 0.3) is 0 Å². The highest BCUT2D eigenvalue weighted by molar-refractivity contribution is 5.85. The first-order valence-corrected chi connectivity index (χ1v) is 7.32. The fourth-order valence-electron chi connectivity index (χ4n) is 2.40. The van der Waals surface area contributed by atoms with Gasteiger partial charge in [0.2, 0.25) is 0 Å². The number of ketones is 1. The zero-order valence-electron chi connectivity index (χ0n) is 12.9. The van der Waals surface area contributed by atoms with Crippen LogP contribution >= 0.6 is 0 Å². The summed E-state index contributed by atoms with van der Waals surface area (Å²) in [4.78, 5) is 12.3. The number of carbonyl (C=O) groups excluding carboxylic acids is 1. The van der Waals surface area contributed by atoms with Gasteiger partial charge < -0.3 is 4.74 Å². The van der Waals surface area contributed by atoms with Gasteiger partial charge in [-0.25, -0.2) is 0 Å². The summed E-state index contributed by atoms with van der Waals surface area (Å²) in [6.07, 6.45) is 1.35. The lowest BCUT2D eigenvalue weighted by molar-refractivity contribution is -0.120. The monoisotopic (exact) mass is 282 g/mol. The molecule has 110 valence electrons. The Labute approximate surface area is 126 Å². The number of benzene rings is 2. The SMILES string of the molecule is COc1ccc(CCC(=O)C(C)c2cccc(C)c2)cc1. The zero-order valence-corrected chi connectivity index (χ0v) is 12.9. The molecule has 0 radical (unpaired) electrons. The molecule has 0 spiro atoms. The minimum Gasteiger partial charge on any atom is -0.497 e. The van der Waals surface area contributed by atoms with Gasteiger partial charge in [-0.2, -0.15) is 0 Å². The third kappa shape index (κ3) is 4.19. The Bertz CT molecular complexity index is 599. The molecule has 0 aliphatic rings. The average Bonchev–Trinajstić information content (AvgIpc) is 2.52. The Kier molecular flexibility index (Phi) is 5.15. The molecule has 2 aromatic rings. The number of methoxy groups -OCH3 is 1. The molecule has 0 heterocycles. The summed E-state index contributed by atoms with van der Waals surface area (Å²) in [5.41, 5.74) is 3.47. The number of Topliss-reactive ketones (excluding diaryl/α,β-unsaturated/α-hetero) is 1. The topological polar surface area (TPSA) is 26.3 Å². The summed E-state index contributed by atoms with van der Waals surface area (Å²) < 4.78 is 5.14. The van der Waals surface area contributed by atoms with Gasteiger partial charge in [0.05, 0.1) is 7.11 Å². The minimum atomic E-state index is -0.0388. The first kappa shape index (κ1) is 15.3. The highest BCUT2D eigenvalue weighted by Gasteiger charge is 2.15. The minimum absolute atomic E-state index is 0.0388. The lowest BCUT2D eigenvalue weighted by atomic mass is 9.92. The van der Waals surface area contributed by atoms with Gasteiger partial charge in [-0.15, -0.1) is 0 Å². The Morgan fingerprint density at radius 2 is 1.86 bits per heavy atom. The predicted molar refractivity (Wildman–Crippen MR) is 85.9 cm³/mol. The van der Waals surface area contributed by atoms with Gasteiger partial charge in [0.1, 0.15) is 11.5 Å². The largest absolute Gasteiger partial charge is 0.497 e. The first-order chi connectivity index (χ1) is 10.1. The van der Waals surface area contributed by atoms with Crippen LogP contribution in [0.15, 0.2) is 48.5 Å². The van der Waals surface area contributed by atoms with Gasteiger partial charge in [0.15, 0.2) is 0 Å². The molecule has 0 aliphatic carbocycles. The van der Waals surface area contributed by atoms with Crippen LogP contribution in [-0.2, 0) is 11.2 Å². The average molecular weight is 282 g/mol. The second-order valence-electron chi connectivity index (χ2n) is 5.45. The summed E-state index contributed by atoms with van der Waals surface area (Å²) in [7, 11) is 1.65. The van der Waals surface area contributed by atoms with E-state index >= 15 is 0 Å². The van der Waals surface area contributed by atoms with Crippen LogP contribution in [0, 0.1) is 6.92 Å². The molecule has 0 amide bonds. The van der Waals surface area contributed by atoms with Crippen LogP contribution in [0.25, 0.3) is 0 Å². The van der Waals surface area contributed by atoms with Crippen LogP contribution < -0.4 is 4.74 Å². The Morgan fingerprint density at radius 1 is 1.14 bits per heavy atom. The number of hydrogen-bond donors (Lipinski definition) is 0. The predicted octanol–water partition coefficient (Wildman–Crippen LogP) is 4.31. The van der Waals surface area contributed by atoms with Crippen molar-refractivity contribution in [3.8, 4) is 5.75 Å². The molecule has 0 fully saturated rings. The molecule has 2 aromatic carbocycles. The Balaban J connectivity index is 1.94. The first-order valence-electron chi connectivity index (χ1n) is 7.32. The zero-order chi connectivity index (χ0) is 15.2. The van der Waals surface area contributed by atoms with Crippen molar-refractivity contribution in [2.45, 2.75) is 32.6 Å². The van der Waals surface area contributed by atoms with Gasteiger partial charge in [0, 0.05) is 12.3 Å². The van der Waals surface area contributed by atoms with Crippen LogP contribution in [0.3, 0.4) is 0 Å². The second-order valence-corrected chi connectivity index (χ2v) is 5.45. The van der Waals surface area contributed by atoms with Crippen molar-refractivity contribution in [1.29, 1.82) is 0 Å². The van der Waals surface area contributed by atoms with Gasteiger partial charge in [-0.3, -0.25) is 4.79 Å². The lowest BCUT2D eigenvalue weighted by Gasteiger charge is -2.11. The quantitative estimate of drug-likeness (QED) is 0.789. The van der Waals surface area contributed by atoms with E-state index in [0.29, 0.717) is 6.42 Å². The summed E-state index contributed by atoms with van der Waals surface area (Å²) in [5, 5.41) is 0. The van der Waals surface area contributed by atoms with E-state index in [1.807, 2.05) is 43.3 Å². The molecule has 2 nitrogen and oxygen atoms in total. The van der Waals surface area contributed by atoms with E-state index in [9.17, 15) is 4.79 Å². The maximum absolute atomic E-state index is 12.3. The molecular weight excluding hydrogens is 260 g/mol. The summed E-state index contributed by atoms with van der Waals surface area (Å²) in [6, 6.07) is 16.1. The molecule has 0 saturated carbocycles. The van der Waals surface area contributed by atoms with Crippen LogP contribution in [-0.4, -0.2) is 12.9 Å². The smallest absolute Gasteiger partial charge is 0.140 e. The van der Waals surface area contributed by atoms with E-state index in [2.05, 4.69) is 19.1 Å². The van der Waals surface area contributed by atoms with E-state index < -0.39 is 0 Å². The third-order valence-corrected chi connectivity index (χ3v) is 3.84. The molecule has 1 atom stereocenters. The molecule has 0 saturated heterocycles. The third-order valence-electron chi connectivity index (χ3n) is 3.84. The van der Waals surface area contributed by atoms with Crippen molar-refractivity contribution in [1.82, 2.24) is 0 Å². The molecule has 0 N–H and O–H groups in total. The standard InChI is InChI=1S/C19H22O2/c1-14-5-4-6-17(13-14)15(2)19(20)12-9-16-7-10-18(21-3)11-8-16/h4-8,10-11,13,15H,9,12H2,1-3H3. The highest BCUT2D eigenvalue weighted by Crippen LogP contribution is 2.20. The fraction of sp³-hybridized carbons (Fsp3) is 0.316. The molecule has 0 aliphatic heterocycles. The Morgan fingerprint density at radius 3 is 2.48 bits per heavy atom. The normalized spacial score (nSPS) is 12.0. The number of carbonyl (C=O) groups is 1. The van der Waals surface area contributed by atoms with Crippen LogP contribution in [0.4, 0.5) is 0 Å². The summed E-state index contributed by atoms with van der Waals surface area (Å²) in [5.74, 6) is 1.10. The number of rotatable bonds is 6. The van der Waals surface area contributed by atoms with E-state index in [0.717, 1.165) is 17.7 Å². The van der Waals surface area contributed by atoms with E-state index in [4.69, 9.17) is 4.74 Å². The van der Waals surface area contributed by atoms with E-state index in [1.54, 1.807) is 7.11 Å². The van der Waals surface area contributed by atoms with Crippen molar-refractivity contribution < 1.29 is 9.53 Å². The van der Waals surface area contributed by atoms with Gasteiger partial charge in [-0.1, -0.05) is 48.9 Å². The van der Waals surface area contributed by atoms with Crippen LogP contribution in [0.1, 0.15) is 36.0 Å². The van der Waals surface area contributed by atoms with Gasteiger partial charge in [-0.05, 0) is 36.6 Å². The summed E-state index contributed by atoms with van der Waals surface area (Å²) >= 11 is 0. The van der Waals surface area contributed by atoms with Gasteiger partial charge >= 0.3 is 0 Å². The number of hydrogen-bond acceptors (Lipinski definition) is 2. The Hall–Kier alpha value is -2.09. The van der Waals surface area contributed by atoms with Crippen molar-refractivity contribution in [2.75, 3.05) is 7.11 Å². The fourth-order valence-corrected chi connectivity index (χ4v) is 2.40. The molecule has 2 rings (SSSR count). The lowest BCUT2D eigenvalue weighted by Crippen LogP contribution is -2.10. The molecule has 0 bridgehead atoms. The maximum atomic E-state index is 12.3. The number of aryl methyl sites for hydroxylation is 2. The maximum Gasteiger partial charge on any atom is 0.140 e. The van der Waals surface area contributed by atoms with E-state index in [1.165, 1.54) is 11.1 Å². The summed E-state index contributed by atoms with van der Waals surface area (Å²) in [6.45, 7) is 4.04. The molecule has 0 aromatic heterocycles. The molecule has 1 unspecified atom stereocenters. The number of ether oxygens (including phenoxy) is 1. The van der Waals surface area contributed by atoms with Crippen molar-refractivity contribution in [3.05, 3.63) is 65.2 Å². The van der Waals surface area contributed by atoms with Crippen LogP contribution in [0.2, 0.25) is 0 Å². The molecule has 21 heavy (non-hydrogen) atoms. The van der Waals surface area contributed by atoms with Crippen molar-refractivity contribution in [2.24, 2.45) is 0 Å². The molecular formula is C19H22O2. The second kappa shape index (κ2) is 7.07. The van der Waals surface area contributed by atoms with Crippen molar-refractivity contribution >= 4 is 5.78 Å². The van der Waals surface area contributed by atoms with Crippen molar-refractivity contribution in [3.63, 3.8) is 0 Å². The molecule has 2 heteroatoms.